The van der Waals surface area contributed by atoms with E-state index in [4.69, 9.17) is 10.8 Å². The van der Waals surface area contributed by atoms with Crippen LogP contribution in [-0.2, 0) is 6.61 Å². The predicted molar refractivity (Wildman–Crippen MR) is 52.1 cm³/mol. The first-order valence-electron chi connectivity index (χ1n) is 4.05. The lowest BCUT2D eigenvalue weighted by Crippen LogP contribution is -1.92. The number of nitrogen functional groups attached to an aromatic ring is 1. The van der Waals surface area contributed by atoms with Crippen LogP contribution in [-0.4, -0.2) is 10.1 Å². The van der Waals surface area contributed by atoms with Crippen LogP contribution in [0.2, 0.25) is 0 Å². The predicted octanol–water partition coefficient (Wildman–Crippen LogP) is 1.31. The number of hydrogen-bond acceptors (Lipinski definition) is 3. The number of aromatic nitrogens is 1. The van der Waals surface area contributed by atoms with Crippen molar-refractivity contribution in [2.75, 3.05) is 5.73 Å². The van der Waals surface area contributed by atoms with Crippen molar-refractivity contribution >= 4 is 16.5 Å². The molecule has 13 heavy (non-hydrogen) atoms. The minimum atomic E-state index is -0.0548. The second-order valence-corrected chi connectivity index (χ2v) is 2.90. The number of rotatable bonds is 1. The fraction of sp³-hybridized carbons (Fsp3) is 0.100. The average Bonchev–Trinajstić information content (AvgIpc) is 2.17. The Kier molecular flexibility index (Phi) is 1.87. The lowest BCUT2D eigenvalue weighted by Gasteiger charge is -2.02. The molecule has 0 unspecified atom stereocenters. The fourth-order valence-electron chi connectivity index (χ4n) is 1.37. The molecule has 0 aliphatic carbocycles. The van der Waals surface area contributed by atoms with Crippen molar-refractivity contribution < 1.29 is 5.11 Å². The van der Waals surface area contributed by atoms with E-state index in [1.165, 1.54) is 0 Å². The van der Waals surface area contributed by atoms with Gasteiger partial charge in [-0.3, -0.25) is 4.98 Å². The standard InChI is InChI=1S/C10H10N2O/c11-8-2-1-7-3-4-12-10(6-13)9(7)5-8/h1-5,13H,6,11H2. The first kappa shape index (κ1) is 8.01. The number of aliphatic hydroxyl groups excluding tert-OH is 1. The second-order valence-electron chi connectivity index (χ2n) is 2.90. The molecular weight excluding hydrogens is 164 g/mol. The lowest BCUT2D eigenvalue weighted by molar-refractivity contribution is 0.278. The van der Waals surface area contributed by atoms with Gasteiger partial charge in [-0.2, -0.15) is 0 Å². The first-order valence-corrected chi connectivity index (χ1v) is 4.05. The molecule has 0 spiro atoms. The summed E-state index contributed by atoms with van der Waals surface area (Å²) in [6.07, 6.45) is 1.68. The summed E-state index contributed by atoms with van der Waals surface area (Å²) in [7, 11) is 0. The van der Waals surface area contributed by atoms with E-state index < -0.39 is 0 Å². The van der Waals surface area contributed by atoms with Crippen LogP contribution in [0.15, 0.2) is 30.5 Å². The molecule has 0 radical (unpaired) electrons. The number of aliphatic hydroxyl groups is 1. The summed E-state index contributed by atoms with van der Waals surface area (Å²) in [6, 6.07) is 7.48. The van der Waals surface area contributed by atoms with Crippen LogP contribution in [0.1, 0.15) is 5.69 Å². The van der Waals surface area contributed by atoms with Gasteiger partial charge in [-0.1, -0.05) is 6.07 Å². The molecule has 1 heterocycles. The number of nitrogens with two attached hydrogens (primary N) is 1. The molecule has 0 amide bonds. The monoisotopic (exact) mass is 174 g/mol. The molecule has 0 bridgehead atoms. The highest BCUT2D eigenvalue weighted by Gasteiger charge is 2.00. The van der Waals surface area contributed by atoms with E-state index in [-0.39, 0.29) is 6.61 Å². The van der Waals surface area contributed by atoms with Gasteiger partial charge in [0.2, 0.25) is 0 Å². The summed E-state index contributed by atoms with van der Waals surface area (Å²) >= 11 is 0. The molecule has 1 aromatic carbocycles. The molecule has 0 fully saturated rings. The molecule has 0 saturated carbocycles. The van der Waals surface area contributed by atoms with Crippen molar-refractivity contribution in [2.45, 2.75) is 6.61 Å². The third-order valence-electron chi connectivity index (χ3n) is 2.02. The fourth-order valence-corrected chi connectivity index (χ4v) is 1.37. The van der Waals surface area contributed by atoms with Crippen molar-refractivity contribution in [2.24, 2.45) is 0 Å². The van der Waals surface area contributed by atoms with Crippen molar-refractivity contribution in [3.8, 4) is 0 Å². The zero-order valence-electron chi connectivity index (χ0n) is 7.07. The quantitative estimate of drug-likeness (QED) is 0.641. The van der Waals surface area contributed by atoms with Crippen molar-refractivity contribution in [1.29, 1.82) is 0 Å². The zero-order valence-corrected chi connectivity index (χ0v) is 7.07. The lowest BCUT2D eigenvalue weighted by atomic mass is 10.1. The molecule has 2 aromatic rings. The Bertz CT molecular complexity index is 440. The van der Waals surface area contributed by atoms with Crippen LogP contribution < -0.4 is 5.73 Å². The van der Waals surface area contributed by atoms with Crippen molar-refractivity contribution in [3.63, 3.8) is 0 Å². The SMILES string of the molecule is Nc1ccc2ccnc(CO)c2c1. The molecule has 0 atom stereocenters. The highest BCUT2D eigenvalue weighted by molar-refractivity contribution is 5.86. The van der Waals surface area contributed by atoms with Crippen molar-refractivity contribution in [1.82, 2.24) is 4.98 Å². The van der Waals surface area contributed by atoms with Gasteiger partial charge in [0.05, 0.1) is 12.3 Å². The molecule has 3 nitrogen and oxygen atoms in total. The topological polar surface area (TPSA) is 59.1 Å². The van der Waals surface area contributed by atoms with Gasteiger partial charge in [-0.25, -0.2) is 0 Å². The molecule has 0 aliphatic rings. The average molecular weight is 174 g/mol. The number of nitrogens with zero attached hydrogens (tertiary/aromatic N) is 1. The Hall–Kier alpha value is -1.61. The Morgan fingerprint density at radius 3 is 2.92 bits per heavy atom. The molecular formula is C10H10N2O. The van der Waals surface area contributed by atoms with Crippen molar-refractivity contribution in [3.05, 3.63) is 36.2 Å². The normalized spacial score (nSPS) is 10.5. The molecule has 3 heteroatoms. The van der Waals surface area contributed by atoms with Crippen LogP contribution in [0.3, 0.4) is 0 Å². The molecule has 0 aliphatic heterocycles. The summed E-state index contributed by atoms with van der Waals surface area (Å²) in [4.78, 5) is 4.06. The highest BCUT2D eigenvalue weighted by Crippen LogP contribution is 2.19. The smallest absolute Gasteiger partial charge is 0.0859 e. The minimum Gasteiger partial charge on any atom is -0.399 e. The summed E-state index contributed by atoms with van der Waals surface area (Å²) in [6.45, 7) is -0.0548. The van der Waals surface area contributed by atoms with E-state index in [0.717, 1.165) is 10.8 Å². The van der Waals surface area contributed by atoms with Gasteiger partial charge in [0.1, 0.15) is 0 Å². The van der Waals surface area contributed by atoms with Crippen LogP contribution in [0.4, 0.5) is 5.69 Å². The highest BCUT2D eigenvalue weighted by atomic mass is 16.3. The Balaban J connectivity index is 2.79. The molecule has 2 rings (SSSR count). The molecule has 3 N–H and O–H groups in total. The van der Waals surface area contributed by atoms with Crippen LogP contribution in [0, 0.1) is 0 Å². The summed E-state index contributed by atoms with van der Waals surface area (Å²) in [5.41, 5.74) is 7.00. The Labute approximate surface area is 75.8 Å². The first-order chi connectivity index (χ1) is 6.31. The van der Waals surface area contributed by atoms with E-state index in [1.54, 1.807) is 6.20 Å². The minimum absolute atomic E-state index is 0.0548. The molecule has 66 valence electrons. The third-order valence-corrected chi connectivity index (χ3v) is 2.02. The van der Waals surface area contributed by atoms with Crippen LogP contribution in [0.5, 0.6) is 0 Å². The van der Waals surface area contributed by atoms with Gasteiger partial charge in [0.15, 0.2) is 0 Å². The number of benzene rings is 1. The summed E-state index contributed by atoms with van der Waals surface area (Å²) in [5.74, 6) is 0. The Morgan fingerprint density at radius 1 is 1.31 bits per heavy atom. The zero-order chi connectivity index (χ0) is 9.26. The van der Waals surface area contributed by atoms with Gasteiger partial charge in [-0.05, 0) is 23.6 Å². The van der Waals surface area contributed by atoms with Crippen LogP contribution in [0.25, 0.3) is 10.8 Å². The molecule has 1 aromatic heterocycles. The summed E-state index contributed by atoms with van der Waals surface area (Å²) in [5, 5.41) is 11.0. The maximum Gasteiger partial charge on any atom is 0.0859 e. The number of anilines is 1. The summed E-state index contributed by atoms with van der Waals surface area (Å²) < 4.78 is 0. The maximum absolute atomic E-state index is 9.02. The van der Waals surface area contributed by atoms with Gasteiger partial charge >= 0.3 is 0 Å². The molecule has 0 saturated heterocycles. The van der Waals surface area contributed by atoms with Gasteiger partial charge < -0.3 is 10.8 Å². The van der Waals surface area contributed by atoms with E-state index in [1.807, 2.05) is 24.3 Å². The van der Waals surface area contributed by atoms with Crippen LogP contribution >= 0.6 is 0 Å². The Morgan fingerprint density at radius 2 is 2.15 bits per heavy atom. The maximum atomic E-state index is 9.02. The van der Waals surface area contributed by atoms with E-state index in [2.05, 4.69) is 4.98 Å². The van der Waals surface area contributed by atoms with Gasteiger partial charge in [0, 0.05) is 17.3 Å². The largest absolute Gasteiger partial charge is 0.399 e. The number of fused-ring (bicyclic) bond motifs is 1. The van der Waals surface area contributed by atoms with E-state index >= 15 is 0 Å². The number of hydrogen-bond donors (Lipinski definition) is 2. The van der Waals surface area contributed by atoms with Gasteiger partial charge in [-0.15, -0.1) is 0 Å². The van der Waals surface area contributed by atoms with Gasteiger partial charge in [0.25, 0.3) is 0 Å². The van der Waals surface area contributed by atoms with E-state index in [0.29, 0.717) is 11.4 Å². The number of pyridine rings is 1. The third kappa shape index (κ3) is 1.34. The van der Waals surface area contributed by atoms with E-state index in [9.17, 15) is 0 Å². The second kappa shape index (κ2) is 3.03.